The minimum absolute atomic E-state index is 0.0558. The van der Waals surface area contributed by atoms with Crippen LogP contribution < -0.4 is 5.32 Å². The smallest absolute Gasteiger partial charge is 0.261 e. The molecule has 0 spiro atoms. The molecule has 0 bridgehead atoms. The van der Waals surface area contributed by atoms with Crippen LogP contribution in [0.4, 0.5) is 0 Å². The third-order valence-corrected chi connectivity index (χ3v) is 6.19. The molecular formula is C21H22N2OS. The molecule has 0 saturated heterocycles. The van der Waals surface area contributed by atoms with Crippen molar-refractivity contribution in [2.75, 3.05) is 6.54 Å². The summed E-state index contributed by atoms with van der Waals surface area (Å²) in [6.07, 6.45) is 6.09. The van der Waals surface area contributed by atoms with Gasteiger partial charge in [0.1, 0.15) is 0 Å². The Morgan fingerprint density at radius 1 is 1.32 bits per heavy atom. The standard InChI is InChI=1S/C21H22N2OS/c1-14-7-8-18-17(12-14)13-19(25-18)21(24)23-11-9-16-5-2-4-15-6-3-10-22-20(15)16/h2-6,10,13-14H,7-9,11-12H2,1H3,(H,23,24)/t14-/m1/s1. The van der Waals surface area contributed by atoms with E-state index in [0.29, 0.717) is 6.54 Å². The van der Waals surface area contributed by atoms with E-state index in [9.17, 15) is 4.79 Å². The van der Waals surface area contributed by atoms with Crippen LogP contribution in [0.2, 0.25) is 0 Å². The van der Waals surface area contributed by atoms with E-state index in [4.69, 9.17) is 0 Å². The van der Waals surface area contributed by atoms with Gasteiger partial charge in [0, 0.05) is 23.0 Å². The quantitative estimate of drug-likeness (QED) is 0.758. The van der Waals surface area contributed by atoms with Crippen LogP contribution in [0.15, 0.2) is 42.6 Å². The Kier molecular flexibility index (Phi) is 4.53. The zero-order valence-corrected chi connectivity index (χ0v) is 15.2. The van der Waals surface area contributed by atoms with Crippen LogP contribution in [0.3, 0.4) is 0 Å². The first kappa shape index (κ1) is 16.3. The summed E-state index contributed by atoms with van der Waals surface area (Å²) in [5, 5.41) is 4.22. The first-order chi connectivity index (χ1) is 12.2. The fraction of sp³-hybridized carbons (Fsp3) is 0.333. The normalized spacial score (nSPS) is 16.6. The van der Waals surface area contributed by atoms with Crippen molar-refractivity contribution in [2.45, 2.75) is 32.6 Å². The maximum atomic E-state index is 12.5. The van der Waals surface area contributed by atoms with E-state index in [1.807, 2.05) is 12.3 Å². The van der Waals surface area contributed by atoms with Crippen LogP contribution in [0.1, 0.15) is 39.0 Å². The van der Waals surface area contributed by atoms with Gasteiger partial charge in [-0.15, -0.1) is 11.3 Å². The highest BCUT2D eigenvalue weighted by molar-refractivity contribution is 7.14. The molecule has 1 N–H and O–H groups in total. The van der Waals surface area contributed by atoms with E-state index >= 15 is 0 Å². The molecule has 0 saturated carbocycles. The number of hydrogen-bond donors (Lipinski definition) is 1. The predicted octanol–water partition coefficient (Wildman–Crippen LogP) is 4.39. The van der Waals surface area contributed by atoms with Gasteiger partial charge in [0.2, 0.25) is 0 Å². The van der Waals surface area contributed by atoms with Crippen molar-refractivity contribution in [3.63, 3.8) is 0 Å². The summed E-state index contributed by atoms with van der Waals surface area (Å²) in [6.45, 7) is 2.92. The van der Waals surface area contributed by atoms with E-state index < -0.39 is 0 Å². The zero-order chi connectivity index (χ0) is 17.2. The van der Waals surface area contributed by atoms with Crippen LogP contribution in [0.25, 0.3) is 10.9 Å². The summed E-state index contributed by atoms with van der Waals surface area (Å²) in [7, 11) is 0. The molecule has 25 heavy (non-hydrogen) atoms. The Labute approximate surface area is 152 Å². The van der Waals surface area contributed by atoms with Crippen molar-refractivity contribution in [1.82, 2.24) is 10.3 Å². The minimum Gasteiger partial charge on any atom is -0.351 e. The monoisotopic (exact) mass is 350 g/mol. The number of aryl methyl sites for hydroxylation is 1. The maximum Gasteiger partial charge on any atom is 0.261 e. The van der Waals surface area contributed by atoms with Gasteiger partial charge in [-0.05, 0) is 54.9 Å². The fourth-order valence-electron chi connectivity index (χ4n) is 3.58. The second kappa shape index (κ2) is 6.96. The molecule has 4 rings (SSSR count). The van der Waals surface area contributed by atoms with Crippen LogP contribution in [-0.4, -0.2) is 17.4 Å². The van der Waals surface area contributed by atoms with E-state index in [1.54, 1.807) is 11.3 Å². The molecule has 1 amide bonds. The van der Waals surface area contributed by atoms with Crippen molar-refractivity contribution in [3.8, 4) is 0 Å². The minimum atomic E-state index is 0.0558. The molecular weight excluding hydrogens is 328 g/mol. The van der Waals surface area contributed by atoms with Gasteiger partial charge in [0.25, 0.3) is 5.91 Å². The highest BCUT2D eigenvalue weighted by atomic mass is 32.1. The van der Waals surface area contributed by atoms with Crippen molar-refractivity contribution < 1.29 is 4.79 Å². The van der Waals surface area contributed by atoms with Gasteiger partial charge >= 0.3 is 0 Å². The first-order valence-corrected chi connectivity index (χ1v) is 9.75. The van der Waals surface area contributed by atoms with Crippen molar-refractivity contribution in [3.05, 3.63) is 63.5 Å². The zero-order valence-electron chi connectivity index (χ0n) is 14.4. The molecule has 1 aliphatic carbocycles. The number of carbonyl (C=O) groups excluding carboxylic acids is 1. The summed E-state index contributed by atoms with van der Waals surface area (Å²) in [5.74, 6) is 0.789. The Morgan fingerprint density at radius 2 is 2.20 bits per heavy atom. The third-order valence-electron chi connectivity index (χ3n) is 4.95. The SMILES string of the molecule is C[C@@H]1CCc2sc(C(=O)NCCc3cccc4cccnc34)cc2C1. The highest BCUT2D eigenvalue weighted by Crippen LogP contribution is 2.32. The second-order valence-corrected chi connectivity index (χ2v) is 8.04. The number of aromatic nitrogens is 1. The average Bonchev–Trinajstić information content (AvgIpc) is 3.05. The largest absolute Gasteiger partial charge is 0.351 e. The lowest BCUT2D eigenvalue weighted by Crippen LogP contribution is -2.25. The van der Waals surface area contributed by atoms with Gasteiger partial charge < -0.3 is 5.32 Å². The Morgan fingerprint density at radius 3 is 3.12 bits per heavy atom. The van der Waals surface area contributed by atoms with Crippen LogP contribution in [0, 0.1) is 5.92 Å². The topological polar surface area (TPSA) is 42.0 Å². The maximum absolute atomic E-state index is 12.5. The van der Waals surface area contributed by atoms with Gasteiger partial charge in [0.05, 0.1) is 10.4 Å². The third kappa shape index (κ3) is 3.45. The summed E-state index contributed by atoms with van der Waals surface area (Å²) < 4.78 is 0. The molecule has 128 valence electrons. The number of pyridine rings is 1. The molecule has 1 atom stereocenters. The molecule has 3 nitrogen and oxygen atoms in total. The molecule has 1 aliphatic rings. The summed E-state index contributed by atoms with van der Waals surface area (Å²) >= 11 is 1.67. The molecule has 4 heteroatoms. The average molecular weight is 350 g/mol. The van der Waals surface area contributed by atoms with Crippen LogP contribution in [-0.2, 0) is 19.3 Å². The summed E-state index contributed by atoms with van der Waals surface area (Å²) in [6, 6.07) is 12.3. The molecule has 2 heterocycles. The van der Waals surface area contributed by atoms with Crippen molar-refractivity contribution in [2.24, 2.45) is 5.92 Å². The molecule has 2 aromatic heterocycles. The molecule has 0 aliphatic heterocycles. The fourth-order valence-corrected chi connectivity index (χ4v) is 4.71. The van der Waals surface area contributed by atoms with Crippen molar-refractivity contribution >= 4 is 28.1 Å². The first-order valence-electron chi connectivity index (χ1n) is 8.93. The van der Waals surface area contributed by atoms with Gasteiger partial charge in [-0.25, -0.2) is 0 Å². The van der Waals surface area contributed by atoms with E-state index in [-0.39, 0.29) is 5.91 Å². The predicted molar refractivity (Wildman–Crippen MR) is 103 cm³/mol. The molecule has 1 aromatic carbocycles. The van der Waals surface area contributed by atoms with E-state index in [0.717, 1.165) is 41.0 Å². The van der Waals surface area contributed by atoms with Crippen molar-refractivity contribution in [1.29, 1.82) is 0 Å². The number of thiophene rings is 1. The number of amides is 1. The second-order valence-electron chi connectivity index (χ2n) is 6.91. The van der Waals surface area contributed by atoms with Gasteiger partial charge in [-0.1, -0.05) is 31.2 Å². The number of fused-ring (bicyclic) bond motifs is 2. The lowest BCUT2D eigenvalue weighted by molar-refractivity contribution is 0.0958. The Hall–Kier alpha value is -2.20. The summed E-state index contributed by atoms with van der Waals surface area (Å²) in [4.78, 5) is 19.2. The number of benzene rings is 1. The van der Waals surface area contributed by atoms with E-state index in [2.05, 4.69) is 47.6 Å². The lowest BCUT2D eigenvalue weighted by atomic mass is 9.90. The number of nitrogens with one attached hydrogen (secondary N) is 1. The van der Waals surface area contributed by atoms with Gasteiger partial charge in [0.15, 0.2) is 0 Å². The molecule has 3 aromatic rings. The molecule has 0 fully saturated rings. The van der Waals surface area contributed by atoms with Gasteiger partial charge in [-0.3, -0.25) is 9.78 Å². The molecule has 0 unspecified atom stereocenters. The molecule has 0 radical (unpaired) electrons. The summed E-state index contributed by atoms with van der Waals surface area (Å²) in [5.41, 5.74) is 3.59. The van der Waals surface area contributed by atoms with E-state index in [1.165, 1.54) is 22.4 Å². The highest BCUT2D eigenvalue weighted by Gasteiger charge is 2.20. The Bertz CT molecular complexity index is 910. The number of rotatable bonds is 4. The number of nitrogens with zero attached hydrogens (tertiary/aromatic N) is 1. The number of carbonyl (C=O) groups is 1. The van der Waals surface area contributed by atoms with Crippen LogP contribution >= 0.6 is 11.3 Å². The van der Waals surface area contributed by atoms with Crippen LogP contribution in [0.5, 0.6) is 0 Å². The Balaban J connectivity index is 1.41. The number of hydrogen-bond acceptors (Lipinski definition) is 3. The van der Waals surface area contributed by atoms with Gasteiger partial charge in [-0.2, -0.15) is 0 Å². The lowest BCUT2D eigenvalue weighted by Gasteiger charge is -2.16. The number of para-hydroxylation sites is 1.